The van der Waals surface area contributed by atoms with Crippen LogP contribution in [0.1, 0.15) is 16.3 Å². The second kappa shape index (κ2) is 8.37. The van der Waals surface area contributed by atoms with Crippen molar-refractivity contribution in [3.05, 3.63) is 52.2 Å². The molecule has 1 aliphatic heterocycles. The molecule has 0 radical (unpaired) electrons. The lowest BCUT2D eigenvalue weighted by Crippen LogP contribution is -2.45. The highest BCUT2D eigenvalue weighted by molar-refractivity contribution is 7.10. The highest BCUT2D eigenvalue weighted by Crippen LogP contribution is 2.30. The van der Waals surface area contributed by atoms with Gasteiger partial charge in [0.25, 0.3) is 0 Å². The van der Waals surface area contributed by atoms with Gasteiger partial charge < -0.3 is 20.1 Å². The molecule has 0 aromatic carbocycles. The molecule has 1 aliphatic rings. The maximum atomic E-state index is 5.02. The molecule has 0 spiro atoms. The molecule has 0 amide bonds. The number of rotatable bonds is 5. The second-order valence-electron chi connectivity index (χ2n) is 8.89. The minimum atomic E-state index is 0.539. The van der Waals surface area contributed by atoms with Gasteiger partial charge in [-0.15, -0.1) is 16.4 Å². The molecule has 0 unspecified atom stereocenters. The number of nitrogens with one attached hydrogen (secondary N) is 2. The first-order chi connectivity index (χ1) is 16.5. The molecule has 0 bridgehead atoms. The molecular formula is C24H27N9S. The molecule has 0 atom stereocenters. The monoisotopic (exact) mass is 473 g/mol. The first kappa shape index (κ1) is 21.1. The molecule has 6 rings (SSSR count). The van der Waals surface area contributed by atoms with Crippen LogP contribution in [-0.4, -0.2) is 67.7 Å². The first-order valence-electron chi connectivity index (χ1n) is 11.5. The van der Waals surface area contributed by atoms with Gasteiger partial charge in [-0.25, -0.2) is 19.5 Å². The van der Waals surface area contributed by atoms with Gasteiger partial charge in [0.05, 0.1) is 24.1 Å². The number of thiophene rings is 1. The molecular weight excluding hydrogens is 446 g/mol. The predicted octanol–water partition coefficient (Wildman–Crippen LogP) is 3.71. The Morgan fingerprint density at radius 2 is 1.97 bits per heavy atom. The zero-order valence-corrected chi connectivity index (χ0v) is 20.4. The van der Waals surface area contributed by atoms with Crippen molar-refractivity contribution >= 4 is 39.7 Å². The number of hydrogen-bond donors (Lipinski definition) is 2. The Hall–Kier alpha value is -3.50. The van der Waals surface area contributed by atoms with Crippen LogP contribution in [0.4, 0.5) is 11.5 Å². The smallest absolute Gasteiger partial charge is 0.177 e. The average Bonchev–Trinajstić information content (AvgIpc) is 3.56. The number of aryl methyl sites for hydroxylation is 2. The van der Waals surface area contributed by atoms with Gasteiger partial charge in [-0.3, -0.25) is 0 Å². The lowest BCUT2D eigenvalue weighted by Gasteiger charge is -2.33. The van der Waals surface area contributed by atoms with E-state index in [1.54, 1.807) is 17.5 Å². The zero-order valence-electron chi connectivity index (χ0n) is 19.5. The van der Waals surface area contributed by atoms with E-state index in [1.807, 2.05) is 16.8 Å². The molecule has 1 fully saturated rings. The molecule has 5 aromatic heterocycles. The second-order valence-corrected chi connectivity index (χ2v) is 10.0. The topological polar surface area (TPSA) is 90.3 Å². The summed E-state index contributed by atoms with van der Waals surface area (Å²) in [5.74, 6) is 1.80. The van der Waals surface area contributed by atoms with Gasteiger partial charge in [-0.2, -0.15) is 0 Å². The molecule has 34 heavy (non-hydrogen) atoms. The van der Waals surface area contributed by atoms with Crippen LogP contribution in [0, 0.1) is 13.8 Å². The van der Waals surface area contributed by atoms with Crippen molar-refractivity contribution in [3.63, 3.8) is 0 Å². The van der Waals surface area contributed by atoms with Gasteiger partial charge >= 0.3 is 0 Å². The first-order valence-corrected chi connectivity index (χ1v) is 12.3. The van der Waals surface area contributed by atoms with Gasteiger partial charge in [0, 0.05) is 54.3 Å². The molecule has 174 valence electrons. The van der Waals surface area contributed by atoms with Crippen LogP contribution in [0.3, 0.4) is 0 Å². The summed E-state index contributed by atoms with van der Waals surface area (Å²) in [4.78, 5) is 23.2. The van der Waals surface area contributed by atoms with Crippen molar-refractivity contribution in [3.8, 4) is 11.3 Å². The quantitative estimate of drug-likeness (QED) is 0.402. The number of hydrogen-bond acceptors (Lipinski definition) is 8. The van der Waals surface area contributed by atoms with E-state index in [2.05, 4.69) is 63.5 Å². The van der Waals surface area contributed by atoms with Crippen molar-refractivity contribution < 1.29 is 0 Å². The maximum absolute atomic E-state index is 5.02. The standard InChI is InChI=1S/C24H27N9S/c1-15-4-5-25-23-22(15)28-20(29-23)13-26-18-11-21(32-8-6-31(3)7-9-32)30-33-19(12-27-24(18)33)17-10-16(2)34-14-17/h4-5,10-12,14,26H,6-9,13H2,1-3H3,(H,25,28,29). The summed E-state index contributed by atoms with van der Waals surface area (Å²) in [5.41, 5.74) is 6.72. The molecule has 1 saturated heterocycles. The van der Waals surface area contributed by atoms with E-state index in [1.165, 1.54) is 4.88 Å². The Morgan fingerprint density at radius 1 is 1.12 bits per heavy atom. The van der Waals surface area contributed by atoms with Crippen LogP contribution in [0.25, 0.3) is 28.1 Å². The van der Waals surface area contributed by atoms with E-state index in [9.17, 15) is 0 Å². The van der Waals surface area contributed by atoms with Crippen LogP contribution in [0.5, 0.6) is 0 Å². The van der Waals surface area contributed by atoms with Crippen LogP contribution in [-0.2, 0) is 6.54 Å². The summed E-state index contributed by atoms with van der Waals surface area (Å²) in [6.45, 7) is 8.65. The van der Waals surface area contributed by atoms with Crippen molar-refractivity contribution in [2.45, 2.75) is 20.4 Å². The number of anilines is 2. The number of likely N-dealkylation sites (N-methyl/N-ethyl adjacent to an activating group) is 1. The van der Waals surface area contributed by atoms with Gasteiger partial charge in [0.1, 0.15) is 11.3 Å². The van der Waals surface area contributed by atoms with E-state index < -0.39 is 0 Å². The fourth-order valence-corrected chi connectivity index (χ4v) is 5.09. The Bertz CT molecular complexity index is 1470. The number of imidazole rings is 2. The van der Waals surface area contributed by atoms with E-state index in [4.69, 9.17) is 15.1 Å². The average molecular weight is 474 g/mol. The molecule has 6 heterocycles. The van der Waals surface area contributed by atoms with E-state index in [-0.39, 0.29) is 0 Å². The van der Waals surface area contributed by atoms with Crippen molar-refractivity contribution in [1.29, 1.82) is 0 Å². The molecule has 2 N–H and O–H groups in total. The van der Waals surface area contributed by atoms with Crippen molar-refractivity contribution in [2.75, 3.05) is 43.4 Å². The van der Waals surface area contributed by atoms with Gasteiger partial charge in [0.2, 0.25) is 0 Å². The Morgan fingerprint density at radius 3 is 2.74 bits per heavy atom. The summed E-state index contributed by atoms with van der Waals surface area (Å²) in [6.07, 6.45) is 3.72. The maximum Gasteiger partial charge on any atom is 0.177 e. The molecule has 10 heteroatoms. The summed E-state index contributed by atoms with van der Waals surface area (Å²) < 4.78 is 1.97. The minimum absolute atomic E-state index is 0.539. The normalized spacial score (nSPS) is 15.0. The molecule has 9 nitrogen and oxygen atoms in total. The van der Waals surface area contributed by atoms with Gasteiger partial charge in [0.15, 0.2) is 17.1 Å². The Kier molecular flexibility index (Phi) is 5.19. The number of nitrogens with zero attached hydrogens (tertiary/aromatic N) is 7. The number of aromatic amines is 1. The van der Waals surface area contributed by atoms with E-state index >= 15 is 0 Å². The third kappa shape index (κ3) is 3.78. The van der Waals surface area contributed by atoms with Gasteiger partial charge in [-0.1, -0.05) is 0 Å². The zero-order chi connectivity index (χ0) is 23.2. The third-order valence-electron chi connectivity index (χ3n) is 6.39. The van der Waals surface area contributed by atoms with Crippen LogP contribution in [0.15, 0.2) is 36.0 Å². The largest absolute Gasteiger partial charge is 0.375 e. The summed E-state index contributed by atoms with van der Waals surface area (Å²) in [7, 11) is 2.16. The van der Waals surface area contributed by atoms with Crippen LogP contribution >= 0.6 is 11.3 Å². The highest BCUT2D eigenvalue weighted by atomic mass is 32.1. The van der Waals surface area contributed by atoms with E-state index in [0.29, 0.717) is 6.54 Å². The summed E-state index contributed by atoms with van der Waals surface area (Å²) >= 11 is 1.74. The van der Waals surface area contributed by atoms with Crippen molar-refractivity contribution in [2.24, 2.45) is 0 Å². The third-order valence-corrected chi connectivity index (χ3v) is 7.25. The number of H-pyrrole nitrogens is 1. The molecule has 0 aliphatic carbocycles. The van der Waals surface area contributed by atoms with Gasteiger partial charge in [-0.05, 0) is 38.6 Å². The number of fused-ring (bicyclic) bond motifs is 2. The number of piperazine rings is 1. The Balaban J connectivity index is 1.38. The van der Waals surface area contributed by atoms with Crippen LogP contribution in [0.2, 0.25) is 0 Å². The molecule has 0 saturated carbocycles. The number of pyridine rings is 1. The van der Waals surface area contributed by atoms with E-state index in [0.717, 1.165) is 77.1 Å². The number of aromatic nitrogens is 6. The minimum Gasteiger partial charge on any atom is -0.375 e. The fraction of sp³-hybridized carbons (Fsp3) is 0.333. The summed E-state index contributed by atoms with van der Waals surface area (Å²) in [5, 5.41) is 10.8. The molecule has 5 aromatic rings. The predicted molar refractivity (Wildman–Crippen MR) is 137 cm³/mol. The highest BCUT2D eigenvalue weighted by Gasteiger charge is 2.20. The Labute approximate surface area is 201 Å². The van der Waals surface area contributed by atoms with Crippen molar-refractivity contribution in [1.82, 2.24) is 34.4 Å². The SMILES string of the molecule is Cc1cc(-c2cnc3c(NCc4nc5c(C)ccnc5[nH]4)cc(N4CCN(C)CC4)nn23)cs1. The fourth-order valence-electron chi connectivity index (χ4n) is 4.40. The lowest BCUT2D eigenvalue weighted by molar-refractivity contribution is 0.311. The lowest BCUT2D eigenvalue weighted by atomic mass is 10.2. The van der Waals surface area contributed by atoms with Crippen LogP contribution < -0.4 is 10.2 Å². The summed E-state index contributed by atoms with van der Waals surface area (Å²) in [6, 6.07) is 6.28.